The van der Waals surface area contributed by atoms with Gasteiger partial charge in [0.15, 0.2) is 5.65 Å². The maximum Gasteiger partial charge on any atom is 0.410 e. The Balaban J connectivity index is 1.07. The molecule has 63 heavy (non-hydrogen) atoms. The summed E-state index contributed by atoms with van der Waals surface area (Å²) in [5.41, 5.74) is 2.10. The minimum absolute atomic E-state index is 0.0326. The molecule has 4 aromatic heterocycles. The van der Waals surface area contributed by atoms with Crippen LogP contribution in [0.15, 0.2) is 54.7 Å². The molecule has 10 rings (SSSR count). The Bertz CT molecular complexity index is 2880. The third kappa shape index (κ3) is 7.74. The number of methoxy groups -OCH3 is 1. The Morgan fingerprint density at radius 3 is 2.70 bits per heavy atom. The summed E-state index contributed by atoms with van der Waals surface area (Å²) in [6.07, 6.45) is 2.02. The van der Waals surface area contributed by atoms with Crippen molar-refractivity contribution in [2.75, 3.05) is 56.6 Å². The van der Waals surface area contributed by atoms with Crippen LogP contribution < -0.4 is 15.0 Å². The van der Waals surface area contributed by atoms with E-state index in [1.807, 2.05) is 60.3 Å². The van der Waals surface area contributed by atoms with Gasteiger partial charge in [-0.25, -0.2) is 38.2 Å². The Morgan fingerprint density at radius 2 is 1.87 bits per heavy atom. The lowest BCUT2D eigenvalue weighted by Gasteiger charge is -2.39. The van der Waals surface area contributed by atoms with E-state index in [4.69, 9.17) is 38.3 Å². The Hall–Kier alpha value is -6.43. The largest absolute Gasteiger partial charge is 0.494 e. The van der Waals surface area contributed by atoms with Gasteiger partial charge in [0, 0.05) is 75.4 Å². The third-order valence-corrected chi connectivity index (χ3v) is 12.1. The maximum absolute atomic E-state index is 15.3. The Kier molecular flexibility index (Phi) is 9.28. The SMILES string of the molecule is [2H]C([2H])([2H])Oc1cc(F)ccc1-n1ncc2c(N3C[C@@H]4C[C@H]3C(=O)N3CCCO[C@H](C3)Cn3c(C)nc5cc(F)cc(c53)-c3cccc(n3)N4)nc(CC3CN(C(=O)OC(C)(C)C)C3)nc21. The number of benzene rings is 2. The van der Waals surface area contributed by atoms with Crippen molar-refractivity contribution in [3.8, 4) is 22.7 Å². The van der Waals surface area contributed by atoms with Gasteiger partial charge in [0.05, 0.1) is 52.1 Å². The molecule has 0 spiro atoms. The van der Waals surface area contributed by atoms with Crippen LogP contribution in [0.5, 0.6) is 5.75 Å². The second-order valence-corrected chi connectivity index (χ2v) is 17.8. The molecule has 6 bridgehead atoms. The number of carbonyl (C=O) groups excluding carboxylic acids is 2. The highest BCUT2D eigenvalue weighted by Gasteiger charge is 2.43. The van der Waals surface area contributed by atoms with E-state index in [1.54, 1.807) is 11.1 Å². The molecule has 328 valence electrons. The molecule has 4 aliphatic rings. The number of rotatable bonds is 5. The molecule has 8 heterocycles. The molecule has 16 nitrogen and oxygen atoms in total. The van der Waals surface area contributed by atoms with E-state index in [1.165, 1.54) is 28.9 Å². The van der Waals surface area contributed by atoms with Crippen molar-refractivity contribution in [3.63, 3.8) is 0 Å². The molecule has 3 saturated heterocycles. The smallest absolute Gasteiger partial charge is 0.410 e. The van der Waals surface area contributed by atoms with Gasteiger partial charge in [-0.15, -0.1) is 0 Å². The lowest BCUT2D eigenvalue weighted by Crippen LogP contribution is -2.52. The topological polar surface area (TPSA) is 158 Å². The number of pyridine rings is 1. The van der Waals surface area contributed by atoms with Crippen LogP contribution in [-0.4, -0.2) is 126 Å². The van der Waals surface area contributed by atoms with Crippen molar-refractivity contribution in [1.29, 1.82) is 0 Å². The molecular formula is C45H49F2N11O5. The first-order valence-corrected chi connectivity index (χ1v) is 21.2. The van der Waals surface area contributed by atoms with Crippen molar-refractivity contribution in [3.05, 3.63) is 78.0 Å². The predicted molar refractivity (Wildman–Crippen MR) is 230 cm³/mol. The molecule has 3 fully saturated rings. The summed E-state index contributed by atoms with van der Waals surface area (Å²) in [7, 11) is -2.90. The number of nitrogens with one attached hydrogen (secondary N) is 1. The normalized spacial score (nSPS) is 21.5. The molecule has 2 aromatic carbocycles. The highest BCUT2D eigenvalue weighted by molar-refractivity contribution is 5.94. The number of aromatic nitrogens is 7. The minimum Gasteiger partial charge on any atom is -0.494 e. The molecule has 3 atom stereocenters. The number of aryl methyl sites for hydroxylation is 1. The first kappa shape index (κ1) is 37.2. The fourth-order valence-corrected chi connectivity index (χ4v) is 9.27. The van der Waals surface area contributed by atoms with E-state index in [-0.39, 0.29) is 41.5 Å². The van der Waals surface area contributed by atoms with Gasteiger partial charge in [0.25, 0.3) is 0 Å². The van der Waals surface area contributed by atoms with Crippen LogP contribution >= 0.6 is 0 Å². The fourth-order valence-electron chi connectivity index (χ4n) is 9.27. The van der Waals surface area contributed by atoms with Gasteiger partial charge in [0.2, 0.25) is 5.91 Å². The van der Waals surface area contributed by atoms with Gasteiger partial charge >= 0.3 is 6.09 Å². The van der Waals surface area contributed by atoms with Crippen molar-refractivity contribution in [1.82, 2.24) is 44.1 Å². The van der Waals surface area contributed by atoms with Crippen LogP contribution in [0, 0.1) is 24.5 Å². The number of anilines is 2. The molecule has 0 saturated carbocycles. The average molecular weight is 865 g/mol. The molecule has 18 heteroatoms. The second kappa shape index (κ2) is 15.7. The maximum atomic E-state index is 15.3. The molecule has 2 amide bonds. The molecule has 6 aromatic rings. The lowest BCUT2D eigenvalue weighted by molar-refractivity contribution is -0.133. The Morgan fingerprint density at radius 1 is 1.02 bits per heavy atom. The third-order valence-electron chi connectivity index (χ3n) is 12.1. The summed E-state index contributed by atoms with van der Waals surface area (Å²) in [6, 6.07) is 10.9. The van der Waals surface area contributed by atoms with Crippen molar-refractivity contribution >= 4 is 45.7 Å². The zero-order valence-corrected chi connectivity index (χ0v) is 35.3. The number of fused-ring (bicyclic) bond motifs is 8. The monoisotopic (exact) mass is 864 g/mol. The highest BCUT2D eigenvalue weighted by Crippen LogP contribution is 2.37. The van der Waals surface area contributed by atoms with E-state index < -0.39 is 42.5 Å². The number of halogens is 2. The highest BCUT2D eigenvalue weighted by atomic mass is 19.1. The number of nitrogens with zero attached hydrogens (tertiary/aromatic N) is 10. The number of amides is 2. The average Bonchev–Trinajstić information content (AvgIpc) is 3.86. The number of hydrogen-bond donors (Lipinski definition) is 1. The number of likely N-dealkylation sites (tertiary alicyclic amines) is 1. The van der Waals surface area contributed by atoms with Crippen molar-refractivity contribution in [2.45, 2.75) is 77.3 Å². The van der Waals surface area contributed by atoms with Gasteiger partial charge in [-0.2, -0.15) is 5.10 Å². The van der Waals surface area contributed by atoms with E-state index >= 15 is 9.18 Å². The van der Waals surface area contributed by atoms with Crippen molar-refractivity contribution in [2.24, 2.45) is 5.92 Å². The number of ether oxygens (including phenoxy) is 3. The first-order valence-electron chi connectivity index (χ1n) is 22.7. The predicted octanol–water partition coefficient (Wildman–Crippen LogP) is 5.92. The van der Waals surface area contributed by atoms with Gasteiger partial charge in [0.1, 0.15) is 58.0 Å². The summed E-state index contributed by atoms with van der Waals surface area (Å²) in [5, 5.41) is 8.68. The quantitative estimate of drug-likeness (QED) is 0.219. The summed E-state index contributed by atoms with van der Waals surface area (Å²) in [4.78, 5) is 53.3. The summed E-state index contributed by atoms with van der Waals surface area (Å²) in [6.45, 7) is 9.94. The molecular weight excluding hydrogens is 813 g/mol. The molecule has 4 aliphatic heterocycles. The number of imidazole rings is 1. The second-order valence-electron chi connectivity index (χ2n) is 17.8. The van der Waals surface area contributed by atoms with Crippen LogP contribution in [0.1, 0.15) is 49.4 Å². The van der Waals surface area contributed by atoms with E-state index in [0.717, 1.165) is 11.6 Å². The van der Waals surface area contributed by atoms with E-state index in [0.29, 0.717) is 104 Å². The molecule has 0 aliphatic carbocycles. The van der Waals surface area contributed by atoms with E-state index in [9.17, 15) is 9.18 Å². The molecule has 0 radical (unpaired) electrons. The standard InChI is InChI=1S/C45H49F2N11O5/c1-25-49-34-16-28(47)15-31-33-8-6-9-38(51-33)50-29-18-36(43(59)54-12-7-13-62-30(23-54)24-56(25)40(31)34)57(22-29)41-32-19-48-58(35-11-10-27(46)17-37(35)61-5)42(32)53-39(52-41)14-26-20-55(21-26)44(60)63-45(2,3)4/h6,8-11,15-17,19,26,29-30,36H,7,12-14,18,20-24H2,1-5H3,(H,50,51)/t29-,30+,36-/m0/s1/i5D3. The minimum atomic E-state index is -2.90. The fraction of sp³-hybridized carbons (Fsp3) is 0.444. The van der Waals surface area contributed by atoms with Crippen LogP contribution in [0.4, 0.5) is 25.2 Å². The van der Waals surface area contributed by atoms with Crippen LogP contribution in [0.3, 0.4) is 0 Å². The lowest BCUT2D eigenvalue weighted by atomic mass is 9.96. The van der Waals surface area contributed by atoms with Crippen LogP contribution in [0.2, 0.25) is 0 Å². The zero-order chi connectivity index (χ0) is 46.2. The van der Waals surface area contributed by atoms with Crippen LogP contribution in [0.25, 0.3) is 39.0 Å². The first-order chi connectivity index (χ1) is 31.4. The van der Waals surface area contributed by atoms with Gasteiger partial charge < -0.3 is 38.8 Å². The summed E-state index contributed by atoms with van der Waals surface area (Å²) >= 11 is 0. The number of hydrogen-bond acceptors (Lipinski definition) is 12. The Labute approximate surface area is 366 Å². The summed E-state index contributed by atoms with van der Waals surface area (Å²) in [5.74, 6) is 0.433. The molecule has 1 N–H and O–H groups in total. The summed E-state index contributed by atoms with van der Waals surface area (Å²) < 4.78 is 74.0. The van der Waals surface area contributed by atoms with Gasteiger partial charge in [-0.1, -0.05) is 6.07 Å². The number of carbonyl (C=O) groups is 2. The van der Waals surface area contributed by atoms with Crippen molar-refractivity contribution < 1.29 is 36.7 Å². The van der Waals surface area contributed by atoms with Gasteiger partial charge in [-0.3, -0.25) is 4.79 Å². The van der Waals surface area contributed by atoms with Crippen LogP contribution in [-0.2, 0) is 27.2 Å². The molecule has 0 unspecified atom stereocenters. The van der Waals surface area contributed by atoms with Gasteiger partial charge in [-0.05, 0) is 70.9 Å². The zero-order valence-electron chi connectivity index (χ0n) is 38.3. The van der Waals surface area contributed by atoms with E-state index in [2.05, 4.69) is 10.4 Å².